The van der Waals surface area contributed by atoms with E-state index in [0.29, 0.717) is 12.2 Å². The number of rotatable bonds is 12. The molecule has 9 heteroatoms. The normalized spacial score (nSPS) is 13.9. The molecule has 2 amide bonds. The van der Waals surface area contributed by atoms with Gasteiger partial charge in [0.15, 0.2) is 0 Å². The van der Waals surface area contributed by atoms with Gasteiger partial charge in [-0.2, -0.15) is 11.8 Å². The van der Waals surface area contributed by atoms with Crippen LogP contribution < -0.4 is 10.6 Å². The van der Waals surface area contributed by atoms with Gasteiger partial charge in [0.25, 0.3) is 0 Å². The molecule has 0 aliphatic heterocycles. The lowest BCUT2D eigenvalue weighted by molar-refractivity contribution is -0.140. The summed E-state index contributed by atoms with van der Waals surface area (Å²) in [5.74, 6) is -0.841. The predicted octanol–water partition coefficient (Wildman–Crippen LogP) is 3.25. The Hall–Kier alpha value is -3.04. The average molecular weight is 487 g/mol. The van der Waals surface area contributed by atoms with Gasteiger partial charge in [0.05, 0.1) is 12.5 Å². The minimum atomic E-state index is -1.02. The van der Waals surface area contributed by atoms with Crippen molar-refractivity contribution in [3.63, 3.8) is 0 Å². The number of hydrogen-bond acceptors (Lipinski definition) is 6. The summed E-state index contributed by atoms with van der Waals surface area (Å²) in [6, 6.07) is 15.3. The molecule has 2 aromatic rings. The molecule has 182 valence electrons. The van der Waals surface area contributed by atoms with Gasteiger partial charge in [-0.15, -0.1) is 0 Å². The summed E-state index contributed by atoms with van der Waals surface area (Å²) in [6.45, 7) is 0.185. The van der Waals surface area contributed by atoms with Crippen LogP contribution in [0.2, 0.25) is 0 Å². The molecule has 34 heavy (non-hydrogen) atoms. The maximum atomic E-state index is 12.7. The van der Waals surface area contributed by atoms with E-state index in [2.05, 4.69) is 22.8 Å². The zero-order valence-electron chi connectivity index (χ0n) is 19.3. The highest BCUT2D eigenvalue weighted by Gasteiger charge is 2.30. The number of carbonyl (C=O) groups excluding carboxylic acids is 2. The maximum Gasteiger partial charge on any atom is 0.407 e. The molecule has 0 fully saturated rings. The summed E-state index contributed by atoms with van der Waals surface area (Å²) in [4.78, 5) is 36.2. The first-order chi connectivity index (χ1) is 16.4. The Morgan fingerprint density at radius 1 is 1.06 bits per heavy atom. The summed E-state index contributed by atoms with van der Waals surface area (Å²) in [5, 5.41) is 14.3. The second-order valence-electron chi connectivity index (χ2n) is 8.00. The van der Waals surface area contributed by atoms with Crippen molar-refractivity contribution < 1.29 is 29.0 Å². The van der Waals surface area contributed by atoms with Crippen molar-refractivity contribution in [3.05, 3.63) is 59.7 Å². The van der Waals surface area contributed by atoms with Gasteiger partial charge in [-0.1, -0.05) is 48.5 Å². The zero-order valence-corrected chi connectivity index (χ0v) is 20.1. The molecule has 0 bridgehead atoms. The Morgan fingerprint density at radius 3 is 2.24 bits per heavy atom. The Kier molecular flexibility index (Phi) is 9.35. The van der Waals surface area contributed by atoms with Gasteiger partial charge in [-0.05, 0) is 40.7 Å². The first-order valence-corrected chi connectivity index (χ1v) is 12.5. The number of methoxy groups -OCH3 is 1. The van der Waals surface area contributed by atoms with Gasteiger partial charge < -0.3 is 25.2 Å². The van der Waals surface area contributed by atoms with Gasteiger partial charge in [-0.25, -0.2) is 4.79 Å². The number of benzene rings is 2. The number of aliphatic carboxylic acids is 1. The number of carboxylic acid groups (broad SMARTS) is 1. The Morgan fingerprint density at radius 2 is 1.68 bits per heavy atom. The molecule has 8 nitrogen and oxygen atoms in total. The smallest absolute Gasteiger partial charge is 0.407 e. The second-order valence-corrected chi connectivity index (χ2v) is 8.99. The maximum absolute atomic E-state index is 12.7. The lowest BCUT2D eigenvalue weighted by atomic mass is 9.98. The number of alkyl carbamates (subject to hydrolysis) is 1. The zero-order chi connectivity index (χ0) is 24.5. The SMILES string of the molecule is COC(CNC(=O)C(CCSC)NC(=O)OCC1c2ccccc2-c2ccccc21)CC(=O)O. The number of carboxylic acids is 1. The van der Waals surface area contributed by atoms with Gasteiger partial charge >= 0.3 is 12.1 Å². The van der Waals surface area contributed by atoms with Crippen LogP contribution in [0.4, 0.5) is 4.79 Å². The highest BCUT2D eigenvalue weighted by molar-refractivity contribution is 7.98. The summed E-state index contributed by atoms with van der Waals surface area (Å²) >= 11 is 1.56. The summed E-state index contributed by atoms with van der Waals surface area (Å²) in [5.41, 5.74) is 4.49. The number of hydrogen-bond donors (Lipinski definition) is 3. The molecular formula is C25H30N2O6S. The Bertz CT molecular complexity index is 969. The minimum Gasteiger partial charge on any atom is -0.481 e. The molecule has 2 aromatic carbocycles. The molecule has 2 atom stereocenters. The van der Waals surface area contributed by atoms with E-state index in [1.165, 1.54) is 7.11 Å². The Labute approximate surface area is 203 Å². The van der Waals surface area contributed by atoms with Crippen molar-refractivity contribution in [2.75, 3.05) is 32.3 Å². The molecule has 0 saturated heterocycles. The number of ether oxygens (including phenoxy) is 2. The first kappa shape index (κ1) is 25.6. The van der Waals surface area contributed by atoms with Crippen molar-refractivity contribution in [2.45, 2.75) is 30.9 Å². The van der Waals surface area contributed by atoms with Crippen LogP contribution in [0, 0.1) is 0 Å². The second kappa shape index (κ2) is 12.4. The van der Waals surface area contributed by atoms with Crippen molar-refractivity contribution in [1.29, 1.82) is 0 Å². The molecular weight excluding hydrogens is 456 g/mol. The number of nitrogens with one attached hydrogen (secondary N) is 2. The van der Waals surface area contributed by atoms with E-state index in [1.54, 1.807) is 11.8 Å². The van der Waals surface area contributed by atoms with Crippen molar-refractivity contribution in [1.82, 2.24) is 10.6 Å². The van der Waals surface area contributed by atoms with Crippen LogP contribution in [0.25, 0.3) is 11.1 Å². The molecule has 2 unspecified atom stereocenters. The van der Waals surface area contributed by atoms with Crippen LogP contribution in [-0.4, -0.2) is 67.5 Å². The van der Waals surface area contributed by atoms with Crippen LogP contribution in [0.1, 0.15) is 29.9 Å². The molecule has 0 aromatic heterocycles. The van der Waals surface area contributed by atoms with Crippen molar-refractivity contribution in [3.8, 4) is 11.1 Å². The fraction of sp³-hybridized carbons (Fsp3) is 0.400. The minimum absolute atomic E-state index is 0.0315. The third kappa shape index (κ3) is 6.51. The quantitative estimate of drug-likeness (QED) is 0.422. The third-order valence-corrected chi connectivity index (χ3v) is 6.45. The fourth-order valence-electron chi connectivity index (χ4n) is 4.06. The number of thioether (sulfide) groups is 1. The summed E-state index contributed by atoms with van der Waals surface area (Å²) in [6.07, 6.45) is 0.768. The van der Waals surface area contributed by atoms with Crippen LogP contribution in [0.3, 0.4) is 0 Å². The summed E-state index contributed by atoms with van der Waals surface area (Å²) < 4.78 is 10.7. The highest BCUT2D eigenvalue weighted by Crippen LogP contribution is 2.44. The van der Waals surface area contributed by atoms with Crippen molar-refractivity contribution in [2.24, 2.45) is 0 Å². The molecule has 0 radical (unpaired) electrons. The lowest BCUT2D eigenvalue weighted by Crippen LogP contribution is -2.49. The molecule has 0 heterocycles. The highest BCUT2D eigenvalue weighted by atomic mass is 32.2. The Balaban J connectivity index is 1.60. The van der Waals surface area contributed by atoms with Gasteiger partial charge in [0, 0.05) is 19.6 Å². The van der Waals surface area contributed by atoms with E-state index in [4.69, 9.17) is 14.6 Å². The van der Waals surface area contributed by atoms with Crippen LogP contribution in [0.5, 0.6) is 0 Å². The number of amides is 2. The van der Waals surface area contributed by atoms with Crippen LogP contribution in [-0.2, 0) is 19.1 Å². The van der Waals surface area contributed by atoms with E-state index < -0.39 is 30.1 Å². The number of fused-ring (bicyclic) bond motifs is 3. The molecule has 1 aliphatic rings. The largest absolute Gasteiger partial charge is 0.481 e. The average Bonchev–Trinajstić information content (AvgIpc) is 3.16. The van der Waals surface area contributed by atoms with E-state index >= 15 is 0 Å². The number of carbonyl (C=O) groups is 3. The van der Waals surface area contributed by atoms with E-state index in [0.717, 1.165) is 22.3 Å². The summed E-state index contributed by atoms with van der Waals surface area (Å²) in [7, 11) is 1.39. The standard InChI is InChI=1S/C25H30N2O6S/c1-32-16(13-23(28)29)14-26-24(30)22(11-12-34-2)27-25(31)33-15-21-19-9-5-3-7-17(19)18-8-4-6-10-20(18)21/h3-10,16,21-22H,11-15H2,1-2H3,(H,26,30)(H,27,31)(H,28,29). The van der Waals surface area contributed by atoms with Gasteiger partial charge in [0.2, 0.25) is 5.91 Å². The van der Waals surface area contributed by atoms with E-state index in [1.807, 2.05) is 42.7 Å². The van der Waals surface area contributed by atoms with Crippen molar-refractivity contribution >= 4 is 29.7 Å². The lowest BCUT2D eigenvalue weighted by Gasteiger charge is -2.21. The molecule has 0 saturated carbocycles. The third-order valence-electron chi connectivity index (χ3n) is 5.80. The van der Waals surface area contributed by atoms with Gasteiger partial charge in [0.1, 0.15) is 12.6 Å². The molecule has 1 aliphatic carbocycles. The first-order valence-electron chi connectivity index (χ1n) is 11.1. The molecule has 3 N–H and O–H groups in total. The molecule has 0 spiro atoms. The van der Waals surface area contributed by atoms with Gasteiger partial charge in [-0.3, -0.25) is 9.59 Å². The predicted molar refractivity (Wildman–Crippen MR) is 131 cm³/mol. The van der Waals surface area contributed by atoms with Crippen LogP contribution in [0.15, 0.2) is 48.5 Å². The van der Waals surface area contributed by atoms with Crippen LogP contribution >= 0.6 is 11.8 Å². The molecule has 3 rings (SSSR count). The van der Waals surface area contributed by atoms with E-state index in [-0.39, 0.29) is 25.5 Å². The fourth-order valence-corrected chi connectivity index (χ4v) is 4.53. The van der Waals surface area contributed by atoms with E-state index in [9.17, 15) is 14.4 Å². The topological polar surface area (TPSA) is 114 Å². The monoisotopic (exact) mass is 486 g/mol.